The van der Waals surface area contributed by atoms with E-state index in [1.54, 1.807) is 24.3 Å². The zero-order chi connectivity index (χ0) is 20.5. The van der Waals surface area contributed by atoms with E-state index >= 15 is 0 Å². The minimum absolute atomic E-state index is 0.0241. The number of carbonyl (C=O) groups excluding carboxylic acids is 3. The van der Waals surface area contributed by atoms with Crippen LogP contribution >= 0.6 is 0 Å². The number of amides is 3. The maximum Gasteiger partial charge on any atom is 0.238 e. The summed E-state index contributed by atoms with van der Waals surface area (Å²) in [7, 11) is 0. The highest BCUT2D eigenvalue weighted by Crippen LogP contribution is 2.14. The second kappa shape index (κ2) is 10.8. The van der Waals surface area contributed by atoms with E-state index in [-0.39, 0.29) is 36.9 Å². The molecule has 28 heavy (non-hydrogen) atoms. The van der Waals surface area contributed by atoms with Gasteiger partial charge >= 0.3 is 0 Å². The molecule has 2 rings (SSSR count). The number of rotatable bonds is 8. The lowest BCUT2D eigenvalue weighted by atomic mass is 10.2. The number of nitrogens with zero attached hydrogens (tertiary/aromatic N) is 2. The Balaban J connectivity index is 1.83. The van der Waals surface area contributed by atoms with Gasteiger partial charge in [-0.05, 0) is 37.2 Å². The molecule has 8 heteroatoms. The van der Waals surface area contributed by atoms with Crippen molar-refractivity contribution in [1.29, 1.82) is 0 Å². The van der Waals surface area contributed by atoms with Gasteiger partial charge in [-0.3, -0.25) is 19.3 Å². The molecule has 0 saturated carbocycles. The third-order valence-electron chi connectivity index (χ3n) is 4.61. The highest BCUT2D eigenvalue weighted by atomic mass is 16.5. The van der Waals surface area contributed by atoms with Crippen LogP contribution in [0, 0.1) is 0 Å². The van der Waals surface area contributed by atoms with Gasteiger partial charge in [-0.15, -0.1) is 0 Å². The average molecular weight is 390 g/mol. The Morgan fingerprint density at radius 3 is 2.32 bits per heavy atom. The van der Waals surface area contributed by atoms with Gasteiger partial charge in [0.1, 0.15) is 0 Å². The molecule has 1 fully saturated rings. The largest absolute Gasteiger partial charge is 0.375 e. The van der Waals surface area contributed by atoms with Crippen molar-refractivity contribution in [2.24, 2.45) is 0 Å². The monoisotopic (exact) mass is 390 g/mol. The van der Waals surface area contributed by atoms with Crippen LogP contribution in [0.15, 0.2) is 24.3 Å². The zero-order valence-electron chi connectivity index (χ0n) is 16.9. The summed E-state index contributed by atoms with van der Waals surface area (Å²) in [5.74, 6) is -0.308. The van der Waals surface area contributed by atoms with Crippen molar-refractivity contribution in [2.45, 2.75) is 33.3 Å². The number of nitrogens with one attached hydrogen (secondary N) is 2. The summed E-state index contributed by atoms with van der Waals surface area (Å²) in [6, 6.07) is 6.90. The van der Waals surface area contributed by atoms with Crippen LogP contribution in [0.25, 0.3) is 0 Å². The van der Waals surface area contributed by atoms with Gasteiger partial charge in [-0.1, -0.05) is 13.8 Å². The third-order valence-corrected chi connectivity index (χ3v) is 4.61. The Morgan fingerprint density at radius 1 is 1.11 bits per heavy atom. The molecule has 2 N–H and O–H groups in total. The molecule has 1 atom stereocenters. The molecule has 1 heterocycles. The lowest BCUT2D eigenvalue weighted by Gasteiger charge is -2.33. The quantitative estimate of drug-likeness (QED) is 0.703. The van der Waals surface area contributed by atoms with Gasteiger partial charge in [0.15, 0.2) is 0 Å². The van der Waals surface area contributed by atoms with Crippen LogP contribution in [0.3, 0.4) is 0 Å². The Bertz CT molecular complexity index is 677. The van der Waals surface area contributed by atoms with Crippen LogP contribution in [0.4, 0.5) is 11.4 Å². The molecule has 0 bridgehead atoms. The van der Waals surface area contributed by atoms with Gasteiger partial charge in [0.05, 0.1) is 25.8 Å². The van der Waals surface area contributed by atoms with E-state index in [0.717, 1.165) is 6.42 Å². The summed E-state index contributed by atoms with van der Waals surface area (Å²) in [5, 5.41) is 5.49. The summed E-state index contributed by atoms with van der Waals surface area (Å²) >= 11 is 0. The van der Waals surface area contributed by atoms with Crippen molar-refractivity contribution in [3.63, 3.8) is 0 Å². The molecule has 0 radical (unpaired) electrons. The van der Waals surface area contributed by atoms with Gasteiger partial charge in [-0.2, -0.15) is 0 Å². The molecule has 0 aliphatic carbocycles. The topological polar surface area (TPSA) is 91.0 Å². The van der Waals surface area contributed by atoms with E-state index in [2.05, 4.69) is 10.6 Å². The van der Waals surface area contributed by atoms with Crippen molar-refractivity contribution in [3.05, 3.63) is 24.3 Å². The van der Waals surface area contributed by atoms with Crippen LogP contribution < -0.4 is 10.6 Å². The van der Waals surface area contributed by atoms with Crippen molar-refractivity contribution in [3.8, 4) is 0 Å². The highest BCUT2D eigenvalue weighted by Gasteiger charge is 2.24. The van der Waals surface area contributed by atoms with Crippen LogP contribution in [-0.2, 0) is 19.1 Å². The van der Waals surface area contributed by atoms with E-state index in [1.807, 2.05) is 23.6 Å². The summed E-state index contributed by atoms with van der Waals surface area (Å²) in [6.07, 6.45) is 0.973. The molecular formula is C20H30N4O4. The molecule has 0 aromatic heterocycles. The zero-order valence-corrected chi connectivity index (χ0v) is 16.9. The fourth-order valence-electron chi connectivity index (χ4n) is 3.01. The van der Waals surface area contributed by atoms with E-state index in [4.69, 9.17) is 4.74 Å². The molecular weight excluding hydrogens is 360 g/mol. The predicted octanol–water partition coefficient (Wildman–Crippen LogP) is 1.54. The molecule has 1 saturated heterocycles. The summed E-state index contributed by atoms with van der Waals surface area (Å²) in [6.45, 7) is 8.13. The van der Waals surface area contributed by atoms with Gasteiger partial charge in [0.2, 0.25) is 17.7 Å². The molecule has 0 spiro atoms. The van der Waals surface area contributed by atoms with Crippen LogP contribution in [0.1, 0.15) is 27.2 Å². The maximum absolute atomic E-state index is 12.6. The first kappa shape index (κ1) is 21.8. The first-order valence-corrected chi connectivity index (χ1v) is 9.70. The van der Waals surface area contributed by atoms with Crippen LogP contribution in [0.2, 0.25) is 0 Å². The number of carbonyl (C=O) groups is 3. The standard InChI is InChI=1S/C20H30N4O4/c1-4-18-12-24(10-11-28-18)20(27)14-23(5-2)13-19(26)22-17-8-6-16(7-9-17)21-15(3)25/h6-9,18H,4-5,10-14H2,1-3H3,(H,21,25)(H,22,26). The van der Waals surface area contributed by atoms with E-state index < -0.39 is 0 Å². The van der Waals surface area contributed by atoms with Crippen molar-refractivity contribution >= 4 is 29.1 Å². The SMILES string of the molecule is CCC1CN(C(=O)CN(CC)CC(=O)Nc2ccc(NC(C)=O)cc2)CCO1. The lowest BCUT2D eigenvalue weighted by molar-refractivity contribution is -0.140. The minimum atomic E-state index is -0.185. The van der Waals surface area contributed by atoms with Gasteiger partial charge < -0.3 is 20.3 Å². The molecule has 1 aliphatic rings. The number of hydrogen-bond acceptors (Lipinski definition) is 5. The Labute approximate surface area is 166 Å². The second-order valence-corrected chi connectivity index (χ2v) is 6.85. The Kier molecular flexibility index (Phi) is 8.41. The smallest absolute Gasteiger partial charge is 0.238 e. The number of hydrogen-bond donors (Lipinski definition) is 2. The van der Waals surface area contributed by atoms with Crippen molar-refractivity contribution in [1.82, 2.24) is 9.80 Å². The van der Waals surface area contributed by atoms with Gasteiger partial charge in [0, 0.05) is 31.4 Å². The second-order valence-electron chi connectivity index (χ2n) is 6.85. The molecule has 8 nitrogen and oxygen atoms in total. The van der Waals surface area contributed by atoms with Crippen molar-refractivity contribution in [2.75, 3.05) is 50.0 Å². The molecule has 154 valence electrons. The highest BCUT2D eigenvalue weighted by molar-refractivity contribution is 5.93. The first-order valence-electron chi connectivity index (χ1n) is 9.70. The van der Waals surface area contributed by atoms with Gasteiger partial charge in [-0.25, -0.2) is 0 Å². The number of benzene rings is 1. The lowest BCUT2D eigenvalue weighted by Crippen LogP contribution is -2.49. The Morgan fingerprint density at radius 2 is 1.75 bits per heavy atom. The number of morpholine rings is 1. The van der Waals surface area contributed by atoms with Crippen LogP contribution in [0.5, 0.6) is 0 Å². The van der Waals surface area contributed by atoms with Crippen LogP contribution in [-0.4, -0.2) is 73.0 Å². The maximum atomic E-state index is 12.6. The summed E-state index contributed by atoms with van der Waals surface area (Å²) in [4.78, 5) is 39.6. The average Bonchev–Trinajstić information content (AvgIpc) is 2.68. The number of anilines is 2. The Hall–Kier alpha value is -2.45. The minimum Gasteiger partial charge on any atom is -0.375 e. The van der Waals surface area contributed by atoms with E-state index in [0.29, 0.717) is 37.6 Å². The fourth-order valence-corrected chi connectivity index (χ4v) is 3.01. The third kappa shape index (κ3) is 6.94. The summed E-state index contributed by atoms with van der Waals surface area (Å²) < 4.78 is 5.60. The predicted molar refractivity (Wildman–Crippen MR) is 108 cm³/mol. The van der Waals surface area contributed by atoms with E-state index in [9.17, 15) is 14.4 Å². The molecule has 3 amide bonds. The van der Waals surface area contributed by atoms with Crippen molar-refractivity contribution < 1.29 is 19.1 Å². The summed E-state index contributed by atoms with van der Waals surface area (Å²) in [5.41, 5.74) is 1.31. The van der Waals surface area contributed by atoms with E-state index in [1.165, 1.54) is 6.92 Å². The fraction of sp³-hybridized carbons (Fsp3) is 0.550. The molecule has 1 aliphatic heterocycles. The van der Waals surface area contributed by atoms with Gasteiger partial charge in [0.25, 0.3) is 0 Å². The normalized spacial score (nSPS) is 16.7. The number of likely N-dealkylation sites (N-methyl/N-ethyl adjacent to an activating group) is 1. The molecule has 1 unspecified atom stereocenters. The molecule has 1 aromatic carbocycles. The first-order chi connectivity index (χ1) is 13.4. The molecule has 1 aromatic rings. The number of ether oxygens (including phenoxy) is 1.